The van der Waals surface area contributed by atoms with E-state index in [9.17, 15) is 8.42 Å². The van der Waals surface area contributed by atoms with Crippen molar-refractivity contribution in [1.29, 1.82) is 0 Å². The summed E-state index contributed by atoms with van der Waals surface area (Å²) in [7, 11) is -3.80. The highest BCUT2D eigenvalue weighted by atomic mass is 32.2. The molecule has 0 N–H and O–H groups in total. The minimum absolute atomic E-state index is 0.0855. The first-order valence-electron chi connectivity index (χ1n) is 6.19. The summed E-state index contributed by atoms with van der Waals surface area (Å²) in [5.41, 5.74) is 8.99. The molecule has 0 fully saturated rings. The molecule has 0 aliphatic carbocycles. The molecule has 0 amide bonds. The first-order chi connectivity index (χ1) is 10.1. The van der Waals surface area contributed by atoms with Gasteiger partial charge in [0.2, 0.25) is 0 Å². The SMILES string of the molecule is Cc1ccc(S(=O)(=O)OCOCCOCCN=[N+]=[N-])cc1. The number of benzene rings is 1. The lowest BCUT2D eigenvalue weighted by atomic mass is 10.2. The maximum atomic E-state index is 11.8. The Morgan fingerprint density at radius 1 is 1.14 bits per heavy atom. The maximum Gasteiger partial charge on any atom is 0.299 e. The normalized spacial score (nSPS) is 11.1. The molecule has 0 unspecified atom stereocenters. The Labute approximate surface area is 123 Å². The molecule has 8 nitrogen and oxygen atoms in total. The predicted molar refractivity (Wildman–Crippen MR) is 75.1 cm³/mol. The third-order valence-corrected chi connectivity index (χ3v) is 3.62. The fourth-order valence-electron chi connectivity index (χ4n) is 1.30. The minimum Gasteiger partial charge on any atom is -0.379 e. The number of rotatable bonds is 10. The summed E-state index contributed by atoms with van der Waals surface area (Å²) < 4.78 is 38.3. The lowest BCUT2D eigenvalue weighted by molar-refractivity contribution is -0.0128. The Bertz CT molecular complexity index is 567. The van der Waals surface area contributed by atoms with Gasteiger partial charge in [0.05, 0.1) is 24.7 Å². The number of ether oxygens (including phenoxy) is 2. The minimum atomic E-state index is -3.80. The van der Waals surface area contributed by atoms with E-state index in [1.807, 2.05) is 6.92 Å². The fraction of sp³-hybridized carbons (Fsp3) is 0.500. The zero-order valence-electron chi connectivity index (χ0n) is 11.6. The van der Waals surface area contributed by atoms with Crippen LogP contribution in [0.2, 0.25) is 0 Å². The van der Waals surface area contributed by atoms with Gasteiger partial charge in [0.15, 0.2) is 6.79 Å². The van der Waals surface area contributed by atoms with Crippen LogP contribution >= 0.6 is 0 Å². The van der Waals surface area contributed by atoms with E-state index in [1.54, 1.807) is 12.1 Å². The summed E-state index contributed by atoms with van der Waals surface area (Å²) in [4.78, 5) is 2.66. The summed E-state index contributed by atoms with van der Waals surface area (Å²) in [6.45, 7) is 2.46. The third kappa shape index (κ3) is 7.07. The molecule has 0 bridgehead atoms. The average Bonchev–Trinajstić information content (AvgIpc) is 2.46. The lowest BCUT2D eigenvalue weighted by Crippen LogP contribution is -2.13. The van der Waals surface area contributed by atoms with E-state index < -0.39 is 10.1 Å². The molecule has 0 aromatic heterocycles. The Morgan fingerprint density at radius 2 is 1.81 bits per heavy atom. The number of azide groups is 1. The number of hydrogen-bond donors (Lipinski definition) is 0. The standard InChI is InChI=1S/C12H17N3O5S/c1-11-2-4-12(5-3-11)21(16,17)20-10-19-9-8-18-7-6-14-15-13/h2-5H,6-10H2,1H3. The zero-order valence-corrected chi connectivity index (χ0v) is 12.5. The Hall–Kier alpha value is -1.64. The summed E-state index contributed by atoms with van der Waals surface area (Å²) in [5.74, 6) is 0. The predicted octanol–water partition coefficient (Wildman–Crippen LogP) is 2.00. The highest BCUT2D eigenvalue weighted by Crippen LogP contribution is 2.12. The van der Waals surface area contributed by atoms with E-state index in [1.165, 1.54) is 12.1 Å². The van der Waals surface area contributed by atoms with E-state index >= 15 is 0 Å². The maximum absolute atomic E-state index is 11.8. The monoisotopic (exact) mass is 315 g/mol. The van der Waals surface area contributed by atoms with Crippen molar-refractivity contribution in [3.05, 3.63) is 40.3 Å². The van der Waals surface area contributed by atoms with E-state index in [0.717, 1.165) is 5.56 Å². The van der Waals surface area contributed by atoms with Gasteiger partial charge in [-0.1, -0.05) is 22.8 Å². The van der Waals surface area contributed by atoms with E-state index in [4.69, 9.17) is 19.2 Å². The fourth-order valence-corrected chi connectivity index (χ4v) is 2.10. The van der Waals surface area contributed by atoms with Crippen LogP contribution in [0, 0.1) is 6.92 Å². The smallest absolute Gasteiger partial charge is 0.299 e. The molecule has 9 heteroatoms. The van der Waals surface area contributed by atoms with Crippen molar-refractivity contribution < 1.29 is 22.1 Å². The second-order valence-corrected chi connectivity index (χ2v) is 5.59. The van der Waals surface area contributed by atoms with Gasteiger partial charge >= 0.3 is 0 Å². The van der Waals surface area contributed by atoms with Gasteiger partial charge in [-0.2, -0.15) is 8.42 Å². The molecule has 116 valence electrons. The topological polar surface area (TPSA) is 111 Å². The van der Waals surface area contributed by atoms with Crippen LogP contribution in [0.25, 0.3) is 10.4 Å². The molecule has 1 rings (SSSR count). The van der Waals surface area contributed by atoms with Gasteiger partial charge in [-0.25, -0.2) is 4.18 Å². The summed E-state index contributed by atoms with van der Waals surface area (Å²) >= 11 is 0. The molecular weight excluding hydrogens is 298 g/mol. The lowest BCUT2D eigenvalue weighted by Gasteiger charge is -2.07. The summed E-state index contributed by atoms with van der Waals surface area (Å²) in [6, 6.07) is 6.33. The molecule has 0 saturated carbocycles. The van der Waals surface area contributed by atoms with Crippen LogP contribution in [0.4, 0.5) is 0 Å². The van der Waals surface area contributed by atoms with Crippen LogP contribution in [-0.2, 0) is 23.8 Å². The van der Waals surface area contributed by atoms with Crippen LogP contribution in [0.1, 0.15) is 5.56 Å². The van der Waals surface area contributed by atoms with E-state index in [2.05, 4.69) is 10.0 Å². The summed E-state index contributed by atoms with van der Waals surface area (Å²) in [6.07, 6.45) is 0. The van der Waals surface area contributed by atoms with Crippen molar-refractivity contribution in [1.82, 2.24) is 0 Å². The molecule has 1 aromatic carbocycles. The van der Waals surface area contributed by atoms with Gasteiger partial charge in [-0.3, -0.25) is 0 Å². The molecule has 0 atom stereocenters. The third-order valence-electron chi connectivity index (χ3n) is 2.37. The van der Waals surface area contributed by atoms with Crippen molar-refractivity contribution in [2.45, 2.75) is 11.8 Å². The van der Waals surface area contributed by atoms with E-state index in [0.29, 0.717) is 0 Å². The van der Waals surface area contributed by atoms with Gasteiger partial charge in [-0.05, 0) is 24.6 Å². The number of hydrogen-bond acceptors (Lipinski definition) is 6. The van der Waals surface area contributed by atoms with Crippen molar-refractivity contribution in [2.75, 3.05) is 33.2 Å². The highest BCUT2D eigenvalue weighted by Gasteiger charge is 2.14. The van der Waals surface area contributed by atoms with Gasteiger partial charge in [0, 0.05) is 11.5 Å². The molecular formula is C12H17N3O5S. The van der Waals surface area contributed by atoms with Crippen molar-refractivity contribution in [3.8, 4) is 0 Å². The number of aryl methyl sites for hydroxylation is 1. The quantitative estimate of drug-likeness (QED) is 0.164. The van der Waals surface area contributed by atoms with Crippen LogP contribution in [0.3, 0.4) is 0 Å². The van der Waals surface area contributed by atoms with Crippen LogP contribution in [0.15, 0.2) is 34.3 Å². The van der Waals surface area contributed by atoms with Gasteiger partial charge in [0.25, 0.3) is 10.1 Å². The van der Waals surface area contributed by atoms with Gasteiger partial charge in [0.1, 0.15) is 0 Å². The second kappa shape index (κ2) is 9.32. The number of nitrogens with zero attached hydrogens (tertiary/aromatic N) is 3. The first kappa shape index (κ1) is 17.4. The molecule has 0 spiro atoms. The molecule has 0 radical (unpaired) electrons. The van der Waals surface area contributed by atoms with E-state index in [-0.39, 0.29) is 38.1 Å². The van der Waals surface area contributed by atoms with Gasteiger partial charge in [-0.15, -0.1) is 0 Å². The molecule has 0 aliphatic heterocycles. The van der Waals surface area contributed by atoms with Crippen LogP contribution < -0.4 is 0 Å². The van der Waals surface area contributed by atoms with Crippen LogP contribution in [0.5, 0.6) is 0 Å². The van der Waals surface area contributed by atoms with Crippen molar-refractivity contribution in [2.24, 2.45) is 5.11 Å². The molecule has 0 saturated heterocycles. The Balaban J connectivity index is 2.19. The average molecular weight is 315 g/mol. The largest absolute Gasteiger partial charge is 0.379 e. The van der Waals surface area contributed by atoms with Crippen LogP contribution in [-0.4, -0.2) is 41.6 Å². The van der Waals surface area contributed by atoms with Gasteiger partial charge < -0.3 is 9.47 Å². The second-order valence-electron chi connectivity index (χ2n) is 3.98. The first-order valence-corrected chi connectivity index (χ1v) is 7.59. The zero-order chi connectivity index (χ0) is 15.6. The molecule has 1 aromatic rings. The molecule has 0 aliphatic rings. The van der Waals surface area contributed by atoms with Crippen molar-refractivity contribution in [3.63, 3.8) is 0 Å². The molecule has 21 heavy (non-hydrogen) atoms. The van der Waals surface area contributed by atoms with Crippen molar-refractivity contribution >= 4 is 10.1 Å². The Kier molecular flexibility index (Phi) is 7.73. The highest BCUT2D eigenvalue weighted by molar-refractivity contribution is 7.86. The summed E-state index contributed by atoms with van der Waals surface area (Å²) in [5, 5.41) is 3.29. The molecule has 0 heterocycles. The Morgan fingerprint density at radius 3 is 2.48 bits per heavy atom.